The van der Waals surface area contributed by atoms with E-state index in [1.165, 1.54) is 0 Å². The van der Waals surface area contributed by atoms with E-state index in [1.807, 2.05) is 44.2 Å². The first-order valence-electron chi connectivity index (χ1n) is 9.47. The van der Waals surface area contributed by atoms with Crippen LogP contribution in [0.1, 0.15) is 38.4 Å². The Bertz CT molecular complexity index is 583. The Hall–Kier alpha value is -1.35. The van der Waals surface area contributed by atoms with Crippen LogP contribution in [-0.4, -0.2) is 56.7 Å². The van der Waals surface area contributed by atoms with Gasteiger partial charge in [0.1, 0.15) is 6.10 Å². The third-order valence-electron chi connectivity index (χ3n) is 4.54. The minimum atomic E-state index is -0.105. The van der Waals surface area contributed by atoms with Gasteiger partial charge < -0.3 is 19.7 Å². The van der Waals surface area contributed by atoms with Gasteiger partial charge in [0.15, 0.2) is 5.96 Å². The number of methoxy groups -OCH3 is 1. The zero-order chi connectivity index (χ0) is 18.8. The Balaban J connectivity index is 0.00000364. The van der Waals surface area contributed by atoms with Crippen molar-refractivity contribution in [1.82, 2.24) is 10.2 Å². The van der Waals surface area contributed by atoms with Crippen LogP contribution in [0, 0.1) is 5.92 Å². The van der Waals surface area contributed by atoms with Crippen LogP contribution in [0.4, 0.5) is 0 Å². The van der Waals surface area contributed by atoms with E-state index in [-0.39, 0.29) is 42.0 Å². The van der Waals surface area contributed by atoms with Gasteiger partial charge in [-0.2, -0.15) is 0 Å². The summed E-state index contributed by atoms with van der Waals surface area (Å²) in [4.78, 5) is 19.0. The number of nitrogens with one attached hydrogen (secondary N) is 1. The Morgan fingerprint density at radius 2 is 2.07 bits per heavy atom. The summed E-state index contributed by atoms with van der Waals surface area (Å²) in [6.07, 6.45) is 1.75. The van der Waals surface area contributed by atoms with Crippen molar-refractivity contribution < 1.29 is 14.3 Å². The highest BCUT2D eigenvalue weighted by molar-refractivity contribution is 14.0. The van der Waals surface area contributed by atoms with Crippen LogP contribution in [0.25, 0.3) is 0 Å². The van der Waals surface area contributed by atoms with Gasteiger partial charge in [-0.15, -0.1) is 24.0 Å². The topological polar surface area (TPSA) is 63.2 Å². The maximum absolute atomic E-state index is 12.1. The maximum Gasteiger partial charge on any atom is 0.310 e. The first kappa shape index (κ1) is 23.7. The molecule has 27 heavy (non-hydrogen) atoms. The molecule has 0 aliphatic carbocycles. The van der Waals surface area contributed by atoms with Crippen LogP contribution in [0.3, 0.4) is 0 Å². The van der Waals surface area contributed by atoms with Crippen molar-refractivity contribution in [3.8, 4) is 0 Å². The summed E-state index contributed by atoms with van der Waals surface area (Å²) in [7, 11) is 1.71. The molecule has 1 aliphatic rings. The van der Waals surface area contributed by atoms with Crippen LogP contribution in [-0.2, 0) is 14.3 Å². The van der Waals surface area contributed by atoms with E-state index in [2.05, 4.69) is 10.2 Å². The molecule has 1 aliphatic heterocycles. The van der Waals surface area contributed by atoms with Gasteiger partial charge in [0.2, 0.25) is 0 Å². The van der Waals surface area contributed by atoms with Crippen LogP contribution in [0.15, 0.2) is 35.3 Å². The first-order valence-corrected chi connectivity index (χ1v) is 9.47. The molecule has 0 saturated carbocycles. The second-order valence-corrected chi connectivity index (χ2v) is 6.37. The summed E-state index contributed by atoms with van der Waals surface area (Å²) in [6, 6.07) is 10.1. The SMILES string of the molecule is CCNC(=NCC(OC)c1ccccc1)N1CCCC(C(=O)OCC)C1.I. The Kier molecular flexibility index (Phi) is 11.3. The molecule has 2 atom stereocenters. The van der Waals surface area contributed by atoms with Gasteiger partial charge in [-0.1, -0.05) is 30.3 Å². The van der Waals surface area contributed by atoms with E-state index in [0.29, 0.717) is 19.7 Å². The Morgan fingerprint density at radius 1 is 1.33 bits per heavy atom. The van der Waals surface area contributed by atoms with Gasteiger partial charge >= 0.3 is 5.97 Å². The molecule has 152 valence electrons. The number of hydrogen-bond acceptors (Lipinski definition) is 4. The highest BCUT2D eigenvalue weighted by Gasteiger charge is 2.28. The largest absolute Gasteiger partial charge is 0.466 e. The molecule has 2 unspecified atom stereocenters. The van der Waals surface area contributed by atoms with Gasteiger partial charge in [0.05, 0.1) is 19.1 Å². The summed E-state index contributed by atoms with van der Waals surface area (Å²) in [5.74, 6) is 0.645. The molecule has 2 rings (SSSR count). The molecule has 1 saturated heterocycles. The molecule has 7 heteroatoms. The molecule has 1 fully saturated rings. The predicted octanol–water partition coefficient (Wildman–Crippen LogP) is 3.23. The lowest BCUT2D eigenvalue weighted by Gasteiger charge is -2.34. The average Bonchev–Trinajstić information content (AvgIpc) is 2.68. The molecule has 0 spiro atoms. The second kappa shape index (κ2) is 12.9. The summed E-state index contributed by atoms with van der Waals surface area (Å²) < 4.78 is 10.8. The van der Waals surface area contributed by atoms with E-state index in [9.17, 15) is 4.79 Å². The summed E-state index contributed by atoms with van der Waals surface area (Å²) >= 11 is 0. The summed E-state index contributed by atoms with van der Waals surface area (Å²) in [6.45, 7) is 7.17. The van der Waals surface area contributed by atoms with E-state index >= 15 is 0 Å². The van der Waals surface area contributed by atoms with Gasteiger partial charge in [0.25, 0.3) is 0 Å². The number of likely N-dealkylation sites (tertiary alicyclic amines) is 1. The number of piperidine rings is 1. The number of esters is 1. The molecule has 0 radical (unpaired) electrons. The van der Waals surface area contributed by atoms with E-state index in [0.717, 1.165) is 37.5 Å². The standard InChI is InChI=1S/C20H31N3O3.HI/c1-4-21-20(22-14-18(25-3)16-10-7-6-8-11-16)23-13-9-12-17(15-23)19(24)26-5-2;/h6-8,10-11,17-18H,4-5,9,12-15H2,1-3H3,(H,21,22);1H. The van der Waals surface area contributed by atoms with Crippen molar-refractivity contribution in [3.05, 3.63) is 35.9 Å². The van der Waals surface area contributed by atoms with Gasteiger partial charge in [-0.25, -0.2) is 0 Å². The van der Waals surface area contributed by atoms with Gasteiger partial charge in [-0.3, -0.25) is 9.79 Å². The van der Waals surface area contributed by atoms with Crippen LogP contribution < -0.4 is 5.32 Å². The monoisotopic (exact) mass is 489 g/mol. The van der Waals surface area contributed by atoms with Crippen molar-refractivity contribution in [1.29, 1.82) is 0 Å². The molecule has 6 nitrogen and oxygen atoms in total. The number of hydrogen-bond donors (Lipinski definition) is 1. The van der Waals surface area contributed by atoms with E-state index < -0.39 is 0 Å². The predicted molar refractivity (Wildman–Crippen MR) is 119 cm³/mol. The fourth-order valence-corrected chi connectivity index (χ4v) is 3.20. The molecule has 0 bridgehead atoms. The van der Waals surface area contributed by atoms with Crippen LogP contribution >= 0.6 is 24.0 Å². The smallest absolute Gasteiger partial charge is 0.310 e. The molecule has 1 aromatic rings. The fraction of sp³-hybridized carbons (Fsp3) is 0.600. The Labute approximate surface area is 179 Å². The van der Waals surface area contributed by atoms with E-state index in [1.54, 1.807) is 7.11 Å². The quantitative estimate of drug-likeness (QED) is 0.276. The number of rotatable bonds is 7. The third kappa shape index (κ3) is 7.29. The number of benzene rings is 1. The van der Waals surface area contributed by atoms with Crippen LogP contribution in [0.2, 0.25) is 0 Å². The molecule has 0 aromatic heterocycles. The Morgan fingerprint density at radius 3 is 2.70 bits per heavy atom. The van der Waals surface area contributed by atoms with Crippen molar-refractivity contribution in [3.63, 3.8) is 0 Å². The number of guanidine groups is 1. The van der Waals surface area contributed by atoms with Gasteiger partial charge in [-0.05, 0) is 32.3 Å². The van der Waals surface area contributed by atoms with Crippen LogP contribution in [0.5, 0.6) is 0 Å². The molecule has 1 N–H and O–H groups in total. The fourth-order valence-electron chi connectivity index (χ4n) is 3.20. The summed E-state index contributed by atoms with van der Waals surface area (Å²) in [5.41, 5.74) is 1.11. The number of carbonyl (C=O) groups is 1. The molecule has 1 heterocycles. The van der Waals surface area contributed by atoms with Crippen molar-refractivity contribution in [2.75, 3.05) is 39.9 Å². The normalized spacial score (nSPS) is 18.4. The lowest BCUT2D eigenvalue weighted by atomic mass is 9.98. The summed E-state index contributed by atoms with van der Waals surface area (Å²) in [5, 5.41) is 3.34. The minimum absolute atomic E-state index is 0. The minimum Gasteiger partial charge on any atom is -0.466 e. The molecule has 0 amide bonds. The zero-order valence-electron chi connectivity index (χ0n) is 16.5. The lowest BCUT2D eigenvalue weighted by molar-refractivity contribution is -0.149. The maximum atomic E-state index is 12.1. The van der Waals surface area contributed by atoms with Gasteiger partial charge in [0, 0.05) is 26.7 Å². The average molecular weight is 489 g/mol. The second-order valence-electron chi connectivity index (χ2n) is 6.37. The highest BCUT2D eigenvalue weighted by atomic mass is 127. The molecular weight excluding hydrogens is 457 g/mol. The number of halogens is 1. The van der Waals surface area contributed by atoms with Crippen molar-refractivity contribution >= 4 is 35.9 Å². The number of carbonyl (C=O) groups excluding carboxylic acids is 1. The van der Waals surface area contributed by atoms with Crippen molar-refractivity contribution in [2.45, 2.75) is 32.8 Å². The lowest BCUT2D eigenvalue weighted by Crippen LogP contribution is -2.48. The zero-order valence-corrected chi connectivity index (χ0v) is 18.8. The van der Waals surface area contributed by atoms with E-state index in [4.69, 9.17) is 14.5 Å². The number of aliphatic imine (C=N–C) groups is 1. The molecular formula is C20H32IN3O3. The first-order chi connectivity index (χ1) is 12.7. The highest BCUT2D eigenvalue weighted by Crippen LogP contribution is 2.20. The number of nitrogens with zero attached hydrogens (tertiary/aromatic N) is 2. The van der Waals surface area contributed by atoms with Crippen molar-refractivity contribution in [2.24, 2.45) is 10.9 Å². The number of ether oxygens (including phenoxy) is 2. The molecule has 1 aromatic carbocycles. The third-order valence-corrected chi connectivity index (χ3v) is 4.54.